The third kappa shape index (κ3) is 7.22. The normalized spacial score (nSPS) is 12.0. The Kier molecular flexibility index (Phi) is 8.71. The Labute approximate surface area is 160 Å². The van der Waals surface area contributed by atoms with Crippen LogP contribution in [0.4, 0.5) is 0 Å². The third-order valence-corrected chi connectivity index (χ3v) is 4.04. The molecule has 0 saturated heterocycles. The van der Waals surface area contributed by atoms with E-state index in [0.29, 0.717) is 29.7 Å². The molecule has 0 aliphatic carbocycles. The number of ether oxygens (including phenoxy) is 2. The summed E-state index contributed by atoms with van der Waals surface area (Å²) in [6.07, 6.45) is -0.320. The minimum atomic E-state index is -0.320. The predicted octanol–water partition coefficient (Wildman–Crippen LogP) is 2.99. The van der Waals surface area contributed by atoms with E-state index in [-0.39, 0.29) is 6.10 Å². The fraction of sp³-hybridized carbons (Fsp3) is 0.400. The Morgan fingerprint density at radius 2 is 1.69 bits per heavy atom. The lowest BCUT2D eigenvalue weighted by molar-refractivity contribution is 0.191. The maximum atomic E-state index is 9.18. The average Bonchev–Trinajstić information content (AvgIpc) is 2.64. The molecule has 2 aromatic carbocycles. The van der Waals surface area contributed by atoms with Gasteiger partial charge in [0.25, 0.3) is 0 Å². The molecule has 0 unspecified atom stereocenters. The van der Waals surface area contributed by atoms with Crippen LogP contribution >= 0.6 is 11.6 Å². The molecule has 2 aromatic rings. The third-order valence-electron chi connectivity index (χ3n) is 3.78. The molecule has 26 heavy (non-hydrogen) atoms. The van der Waals surface area contributed by atoms with Crippen molar-refractivity contribution >= 4 is 11.6 Å². The maximum Gasteiger partial charge on any atom is 0.161 e. The second-order valence-electron chi connectivity index (χ2n) is 6.13. The SMILES string of the molecule is COc1cc(CNCCNC[C@@H](C)O)ccc1OCc1ccc(Cl)cc1. The molecule has 0 aromatic heterocycles. The molecule has 0 amide bonds. The lowest BCUT2D eigenvalue weighted by Crippen LogP contribution is -2.31. The van der Waals surface area contributed by atoms with E-state index in [0.717, 1.165) is 30.8 Å². The quantitative estimate of drug-likeness (QED) is 0.525. The van der Waals surface area contributed by atoms with Crippen molar-refractivity contribution in [3.05, 3.63) is 58.6 Å². The van der Waals surface area contributed by atoms with Gasteiger partial charge in [0.2, 0.25) is 0 Å². The summed E-state index contributed by atoms with van der Waals surface area (Å²) < 4.78 is 11.3. The molecule has 1 atom stereocenters. The summed E-state index contributed by atoms with van der Waals surface area (Å²) in [5, 5.41) is 16.4. The van der Waals surface area contributed by atoms with E-state index in [1.165, 1.54) is 0 Å². The standard InChI is InChI=1S/C20H27ClN2O3/c1-15(24)12-22-9-10-23-13-17-5-8-19(20(11-17)25-2)26-14-16-3-6-18(21)7-4-16/h3-8,11,15,22-24H,9-10,12-14H2,1-2H3/t15-/m1/s1. The zero-order chi connectivity index (χ0) is 18.8. The van der Waals surface area contributed by atoms with Gasteiger partial charge in [0.05, 0.1) is 13.2 Å². The Bertz CT molecular complexity index is 663. The molecule has 0 aliphatic rings. The molecular formula is C20H27ClN2O3. The highest BCUT2D eigenvalue weighted by Crippen LogP contribution is 2.29. The number of aliphatic hydroxyl groups excluding tert-OH is 1. The van der Waals surface area contributed by atoms with Crippen LogP contribution in [0.3, 0.4) is 0 Å². The van der Waals surface area contributed by atoms with E-state index in [2.05, 4.69) is 10.6 Å². The summed E-state index contributed by atoms with van der Waals surface area (Å²) >= 11 is 5.90. The minimum absolute atomic E-state index is 0.320. The van der Waals surface area contributed by atoms with E-state index >= 15 is 0 Å². The first-order valence-corrected chi connectivity index (χ1v) is 9.10. The number of nitrogens with one attached hydrogen (secondary N) is 2. The number of rotatable bonds is 11. The molecular weight excluding hydrogens is 352 g/mol. The number of halogens is 1. The molecule has 0 saturated carbocycles. The molecule has 6 heteroatoms. The maximum absolute atomic E-state index is 9.18. The zero-order valence-electron chi connectivity index (χ0n) is 15.3. The van der Waals surface area contributed by atoms with E-state index in [9.17, 15) is 5.11 Å². The first-order chi connectivity index (χ1) is 12.6. The molecule has 5 nitrogen and oxygen atoms in total. The second-order valence-corrected chi connectivity index (χ2v) is 6.57. The lowest BCUT2D eigenvalue weighted by atomic mass is 10.2. The summed E-state index contributed by atoms with van der Waals surface area (Å²) in [5.41, 5.74) is 2.17. The highest BCUT2D eigenvalue weighted by molar-refractivity contribution is 6.30. The molecule has 0 aliphatic heterocycles. The summed E-state index contributed by atoms with van der Waals surface area (Å²) in [6.45, 7) is 5.21. The van der Waals surface area contributed by atoms with Gasteiger partial charge < -0.3 is 25.2 Å². The molecule has 0 radical (unpaired) electrons. The van der Waals surface area contributed by atoms with Crippen molar-refractivity contribution in [2.75, 3.05) is 26.7 Å². The van der Waals surface area contributed by atoms with Crippen molar-refractivity contribution < 1.29 is 14.6 Å². The topological polar surface area (TPSA) is 62.8 Å². The van der Waals surface area contributed by atoms with Crippen molar-refractivity contribution in [3.8, 4) is 11.5 Å². The highest BCUT2D eigenvalue weighted by atomic mass is 35.5. The lowest BCUT2D eigenvalue weighted by Gasteiger charge is -2.13. The molecule has 2 rings (SSSR count). The van der Waals surface area contributed by atoms with Gasteiger partial charge in [-0.25, -0.2) is 0 Å². The van der Waals surface area contributed by atoms with Crippen LogP contribution in [0, 0.1) is 0 Å². The van der Waals surface area contributed by atoms with Crippen molar-refractivity contribution in [1.29, 1.82) is 0 Å². The van der Waals surface area contributed by atoms with Gasteiger partial charge in [-0.05, 0) is 42.3 Å². The number of hydrogen-bond acceptors (Lipinski definition) is 5. The smallest absolute Gasteiger partial charge is 0.161 e. The van der Waals surface area contributed by atoms with Crippen LogP contribution in [0.2, 0.25) is 5.02 Å². The number of hydrogen-bond donors (Lipinski definition) is 3. The van der Waals surface area contributed by atoms with Crippen LogP contribution in [-0.2, 0) is 13.2 Å². The van der Waals surface area contributed by atoms with E-state index in [1.54, 1.807) is 14.0 Å². The Balaban J connectivity index is 1.81. The molecule has 0 fully saturated rings. The van der Waals surface area contributed by atoms with Gasteiger partial charge in [0, 0.05) is 31.2 Å². The Morgan fingerprint density at radius 3 is 2.38 bits per heavy atom. The van der Waals surface area contributed by atoms with E-state index in [4.69, 9.17) is 21.1 Å². The van der Waals surface area contributed by atoms with Crippen LogP contribution < -0.4 is 20.1 Å². The van der Waals surface area contributed by atoms with Crippen molar-refractivity contribution in [3.63, 3.8) is 0 Å². The first-order valence-electron chi connectivity index (χ1n) is 8.72. The number of benzene rings is 2. The first kappa shape index (κ1) is 20.5. The van der Waals surface area contributed by atoms with Crippen LogP contribution in [0.1, 0.15) is 18.1 Å². The largest absolute Gasteiger partial charge is 0.493 e. The van der Waals surface area contributed by atoms with Crippen molar-refractivity contribution in [1.82, 2.24) is 10.6 Å². The number of methoxy groups -OCH3 is 1. The van der Waals surface area contributed by atoms with Crippen LogP contribution in [0.15, 0.2) is 42.5 Å². The fourth-order valence-corrected chi connectivity index (χ4v) is 2.53. The van der Waals surface area contributed by atoms with Crippen LogP contribution in [0.5, 0.6) is 11.5 Å². The van der Waals surface area contributed by atoms with Crippen molar-refractivity contribution in [2.45, 2.75) is 26.2 Å². The van der Waals surface area contributed by atoms with Gasteiger partial charge in [-0.2, -0.15) is 0 Å². The Hall–Kier alpha value is -1.79. The monoisotopic (exact) mass is 378 g/mol. The fourth-order valence-electron chi connectivity index (χ4n) is 2.40. The van der Waals surface area contributed by atoms with Gasteiger partial charge in [-0.1, -0.05) is 29.8 Å². The molecule has 142 valence electrons. The second kappa shape index (κ2) is 11.0. The van der Waals surface area contributed by atoms with Gasteiger partial charge in [-0.3, -0.25) is 0 Å². The van der Waals surface area contributed by atoms with Crippen LogP contribution in [-0.4, -0.2) is 38.0 Å². The summed E-state index contributed by atoms with van der Waals surface area (Å²) in [7, 11) is 1.64. The molecule has 0 bridgehead atoms. The summed E-state index contributed by atoms with van der Waals surface area (Å²) in [4.78, 5) is 0. The van der Waals surface area contributed by atoms with Crippen molar-refractivity contribution in [2.24, 2.45) is 0 Å². The van der Waals surface area contributed by atoms with Gasteiger partial charge in [0.1, 0.15) is 6.61 Å². The van der Waals surface area contributed by atoms with E-state index in [1.807, 2.05) is 42.5 Å². The van der Waals surface area contributed by atoms with E-state index < -0.39 is 0 Å². The summed E-state index contributed by atoms with van der Waals surface area (Å²) in [6, 6.07) is 13.5. The Morgan fingerprint density at radius 1 is 1.00 bits per heavy atom. The minimum Gasteiger partial charge on any atom is -0.493 e. The molecule has 3 N–H and O–H groups in total. The van der Waals surface area contributed by atoms with Crippen LogP contribution in [0.25, 0.3) is 0 Å². The highest BCUT2D eigenvalue weighted by Gasteiger charge is 2.06. The molecule has 0 spiro atoms. The number of aliphatic hydroxyl groups is 1. The molecule has 0 heterocycles. The van der Waals surface area contributed by atoms with Gasteiger partial charge in [-0.15, -0.1) is 0 Å². The average molecular weight is 379 g/mol. The zero-order valence-corrected chi connectivity index (χ0v) is 16.1. The van der Waals surface area contributed by atoms with Gasteiger partial charge in [0.15, 0.2) is 11.5 Å². The van der Waals surface area contributed by atoms with Gasteiger partial charge >= 0.3 is 0 Å². The predicted molar refractivity (Wildman–Crippen MR) is 105 cm³/mol. The summed E-state index contributed by atoms with van der Waals surface area (Å²) in [5.74, 6) is 1.43.